The molecule has 7 nitrogen and oxygen atoms in total. The molecule has 24 heavy (non-hydrogen) atoms. The second-order valence-electron chi connectivity index (χ2n) is 5.20. The minimum atomic E-state index is -0.360. The summed E-state index contributed by atoms with van der Waals surface area (Å²) in [5.74, 6) is 0.215. The van der Waals surface area contributed by atoms with Crippen molar-refractivity contribution in [2.24, 2.45) is 12.0 Å². The Labute approximate surface area is 138 Å². The summed E-state index contributed by atoms with van der Waals surface area (Å²) in [7, 11) is 1.82. The van der Waals surface area contributed by atoms with Gasteiger partial charge in [0.25, 0.3) is 5.91 Å². The SMILES string of the molecule is CCN=c1c2ccccc2nc(NC(=O)c2cccnc2N)n1C. The van der Waals surface area contributed by atoms with Crippen LogP contribution in [-0.2, 0) is 7.05 Å². The number of carbonyl (C=O) groups is 1. The van der Waals surface area contributed by atoms with E-state index in [2.05, 4.69) is 20.3 Å². The first-order valence-electron chi connectivity index (χ1n) is 7.60. The monoisotopic (exact) mass is 322 g/mol. The van der Waals surface area contributed by atoms with Gasteiger partial charge in [0.05, 0.1) is 11.1 Å². The van der Waals surface area contributed by atoms with Gasteiger partial charge in [-0.25, -0.2) is 9.97 Å². The Morgan fingerprint density at radius 3 is 2.83 bits per heavy atom. The first-order valence-corrected chi connectivity index (χ1v) is 7.60. The van der Waals surface area contributed by atoms with Gasteiger partial charge >= 0.3 is 0 Å². The van der Waals surface area contributed by atoms with E-state index in [1.807, 2.05) is 38.2 Å². The highest BCUT2D eigenvalue weighted by atomic mass is 16.1. The smallest absolute Gasteiger partial charge is 0.261 e. The zero-order chi connectivity index (χ0) is 17.1. The molecule has 0 spiro atoms. The summed E-state index contributed by atoms with van der Waals surface area (Å²) >= 11 is 0. The van der Waals surface area contributed by atoms with Crippen LogP contribution in [0.5, 0.6) is 0 Å². The van der Waals surface area contributed by atoms with E-state index in [0.717, 1.165) is 16.4 Å². The number of fused-ring (bicyclic) bond motifs is 1. The fraction of sp³-hybridized carbons (Fsp3) is 0.176. The number of hydrogen-bond acceptors (Lipinski definition) is 5. The van der Waals surface area contributed by atoms with Gasteiger partial charge in [-0.05, 0) is 31.2 Å². The van der Waals surface area contributed by atoms with Gasteiger partial charge in [-0.2, -0.15) is 0 Å². The highest BCUT2D eigenvalue weighted by Gasteiger charge is 2.14. The van der Waals surface area contributed by atoms with Crippen molar-refractivity contribution >= 4 is 28.6 Å². The number of nitrogens with two attached hydrogens (primary N) is 1. The molecule has 0 radical (unpaired) electrons. The van der Waals surface area contributed by atoms with Crippen LogP contribution in [0.1, 0.15) is 17.3 Å². The number of anilines is 2. The maximum atomic E-state index is 12.5. The molecular weight excluding hydrogens is 304 g/mol. The molecule has 1 amide bonds. The second-order valence-corrected chi connectivity index (χ2v) is 5.20. The molecule has 2 aromatic heterocycles. The molecule has 3 rings (SSSR count). The maximum Gasteiger partial charge on any atom is 0.261 e. The molecular formula is C17H18N6O. The molecule has 3 N–H and O–H groups in total. The van der Waals surface area contributed by atoms with E-state index >= 15 is 0 Å². The third-order valence-corrected chi connectivity index (χ3v) is 3.62. The number of hydrogen-bond donors (Lipinski definition) is 2. The molecule has 3 aromatic rings. The largest absolute Gasteiger partial charge is 0.383 e. The van der Waals surface area contributed by atoms with Crippen LogP contribution < -0.4 is 16.5 Å². The summed E-state index contributed by atoms with van der Waals surface area (Å²) < 4.78 is 1.76. The Balaban J connectivity index is 2.10. The Morgan fingerprint density at radius 2 is 2.08 bits per heavy atom. The molecule has 0 fully saturated rings. The molecule has 122 valence electrons. The van der Waals surface area contributed by atoms with Crippen molar-refractivity contribution in [1.29, 1.82) is 0 Å². The van der Waals surface area contributed by atoms with Gasteiger partial charge in [-0.15, -0.1) is 0 Å². The normalized spacial score (nSPS) is 11.7. The Bertz CT molecular complexity index is 976. The van der Waals surface area contributed by atoms with E-state index in [9.17, 15) is 4.79 Å². The summed E-state index contributed by atoms with van der Waals surface area (Å²) in [6, 6.07) is 11.0. The minimum Gasteiger partial charge on any atom is -0.383 e. The fourth-order valence-electron chi connectivity index (χ4n) is 2.46. The summed E-state index contributed by atoms with van der Waals surface area (Å²) in [4.78, 5) is 25.5. The number of benzene rings is 1. The average Bonchev–Trinajstić information content (AvgIpc) is 2.59. The third-order valence-electron chi connectivity index (χ3n) is 3.62. The number of aromatic nitrogens is 3. The fourth-order valence-corrected chi connectivity index (χ4v) is 2.46. The number of para-hydroxylation sites is 1. The van der Waals surface area contributed by atoms with Crippen LogP contribution in [0.15, 0.2) is 47.6 Å². The third kappa shape index (κ3) is 2.83. The molecule has 0 atom stereocenters. The van der Waals surface area contributed by atoms with Gasteiger partial charge in [0.15, 0.2) is 0 Å². The van der Waals surface area contributed by atoms with Crippen molar-refractivity contribution in [3.63, 3.8) is 0 Å². The number of nitrogen functional groups attached to an aromatic ring is 1. The molecule has 0 saturated carbocycles. The summed E-state index contributed by atoms with van der Waals surface area (Å²) in [6.07, 6.45) is 1.54. The molecule has 7 heteroatoms. The molecule has 0 bridgehead atoms. The lowest BCUT2D eigenvalue weighted by Gasteiger charge is -2.12. The summed E-state index contributed by atoms with van der Waals surface area (Å²) in [6.45, 7) is 2.59. The van der Waals surface area contributed by atoms with Crippen LogP contribution in [-0.4, -0.2) is 27.0 Å². The lowest BCUT2D eigenvalue weighted by atomic mass is 10.2. The molecule has 2 heterocycles. The van der Waals surface area contributed by atoms with E-state index in [0.29, 0.717) is 18.1 Å². The Kier molecular flexibility index (Phi) is 4.24. The minimum absolute atomic E-state index is 0.178. The molecule has 0 aliphatic heterocycles. The Morgan fingerprint density at radius 1 is 1.29 bits per heavy atom. The molecule has 1 aromatic carbocycles. The molecule has 0 aliphatic rings. The predicted molar refractivity (Wildman–Crippen MR) is 93.4 cm³/mol. The lowest BCUT2D eigenvalue weighted by Crippen LogP contribution is -2.26. The quantitative estimate of drug-likeness (QED) is 0.767. The van der Waals surface area contributed by atoms with Crippen LogP contribution in [0.4, 0.5) is 11.8 Å². The van der Waals surface area contributed by atoms with Crippen molar-refractivity contribution in [3.8, 4) is 0 Å². The number of rotatable bonds is 3. The van der Waals surface area contributed by atoms with E-state index in [-0.39, 0.29) is 11.7 Å². The van der Waals surface area contributed by atoms with Crippen LogP contribution in [0.3, 0.4) is 0 Å². The highest BCUT2D eigenvalue weighted by Crippen LogP contribution is 2.13. The van der Waals surface area contributed by atoms with Gasteiger partial charge in [0, 0.05) is 25.2 Å². The van der Waals surface area contributed by atoms with Crippen molar-refractivity contribution in [2.45, 2.75) is 6.92 Å². The average molecular weight is 322 g/mol. The van der Waals surface area contributed by atoms with Crippen molar-refractivity contribution < 1.29 is 4.79 Å². The first kappa shape index (κ1) is 15.7. The Hall–Kier alpha value is -3.22. The second kappa shape index (κ2) is 6.49. The lowest BCUT2D eigenvalue weighted by molar-refractivity contribution is 0.102. The number of carbonyl (C=O) groups excluding carboxylic acids is 1. The molecule has 0 aliphatic carbocycles. The molecule has 0 unspecified atom stereocenters. The predicted octanol–water partition coefficient (Wildman–Crippen LogP) is 1.72. The zero-order valence-corrected chi connectivity index (χ0v) is 13.5. The van der Waals surface area contributed by atoms with E-state index in [1.54, 1.807) is 22.9 Å². The summed E-state index contributed by atoms with van der Waals surface area (Å²) in [5.41, 5.74) is 7.59. The highest BCUT2D eigenvalue weighted by molar-refractivity contribution is 6.06. The topological polar surface area (TPSA) is 98.2 Å². The van der Waals surface area contributed by atoms with Crippen molar-refractivity contribution in [2.75, 3.05) is 17.6 Å². The standard InChI is InChI=1S/C17H18N6O/c1-3-19-15-11-7-4-5-9-13(11)21-17(23(15)2)22-16(24)12-8-6-10-20-14(12)18/h4-10H,3H2,1-2H3,(H2,18,20)(H,21,22,24). The van der Waals surface area contributed by atoms with Crippen molar-refractivity contribution in [3.05, 3.63) is 53.6 Å². The maximum absolute atomic E-state index is 12.5. The van der Waals surface area contributed by atoms with E-state index in [4.69, 9.17) is 5.73 Å². The van der Waals surface area contributed by atoms with Crippen LogP contribution >= 0.6 is 0 Å². The number of nitrogens with zero attached hydrogens (tertiary/aromatic N) is 4. The number of nitrogens with one attached hydrogen (secondary N) is 1. The van der Waals surface area contributed by atoms with Gasteiger partial charge in [0.2, 0.25) is 5.95 Å². The van der Waals surface area contributed by atoms with E-state index in [1.165, 1.54) is 0 Å². The number of amides is 1. The molecule has 0 saturated heterocycles. The van der Waals surface area contributed by atoms with Gasteiger partial charge in [-0.1, -0.05) is 12.1 Å². The van der Waals surface area contributed by atoms with Crippen LogP contribution in [0.2, 0.25) is 0 Å². The van der Waals surface area contributed by atoms with Crippen molar-refractivity contribution in [1.82, 2.24) is 14.5 Å². The zero-order valence-electron chi connectivity index (χ0n) is 13.5. The van der Waals surface area contributed by atoms with Crippen LogP contribution in [0.25, 0.3) is 10.9 Å². The van der Waals surface area contributed by atoms with Crippen LogP contribution in [0, 0.1) is 0 Å². The van der Waals surface area contributed by atoms with Gasteiger partial charge < -0.3 is 5.73 Å². The van der Waals surface area contributed by atoms with Gasteiger partial charge in [0.1, 0.15) is 11.3 Å². The van der Waals surface area contributed by atoms with E-state index < -0.39 is 0 Å². The summed E-state index contributed by atoms with van der Waals surface area (Å²) in [5, 5.41) is 3.72. The van der Waals surface area contributed by atoms with Gasteiger partial charge in [-0.3, -0.25) is 19.7 Å². The first-order chi connectivity index (χ1) is 11.6. The number of pyridine rings is 1.